The van der Waals surface area contributed by atoms with Gasteiger partial charge in [-0.3, -0.25) is 4.79 Å². The van der Waals surface area contributed by atoms with Gasteiger partial charge < -0.3 is 15.5 Å². The van der Waals surface area contributed by atoms with Crippen LogP contribution < -0.4 is 11.3 Å². The second-order valence-corrected chi connectivity index (χ2v) is 10.9. The Hall–Kier alpha value is -3.40. The van der Waals surface area contributed by atoms with Crippen LogP contribution in [0.3, 0.4) is 0 Å². The highest BCUT2D eigenvalue weighted by Crippen LogP contribution is 2.38. The SMILES string of the molecule is CCOC(=O)c1c(N)sc(-c2ccccc2)c1C.CSc1nc2sc(-c3ccccc3)c(C)c2c(=O)[nH]1. The van der Waals surface area contributed by atoms with E-state index in [0.717, 1.165) is 36.8 Å². The van der Waals surface area contributed by atoms with Gasteiger partial charge in [0.15, 0.2) is 5.16 Å². The molecule has 9 heteroatoms. The maximum Gasteiger partial charge on any atom is 0.341 e. The predicted molar refractivity (Wildman–Crippen MR) is 157 cm³/mol. The number of hydrogen-bond donors (Lipinski definition) is 2. The van der Waals surface area contributed by atoms with Crippen molar-refractivity contribution in [3.8, 4) is 20.9 Å². The Morgan fingerprint density at radius 3 is 2.08 bits per heavy atom. The van der Waals surface area contributed by atoms with Crippen molar-refractivity contribution in [3.05, 3.63) is 87.7 Å². The molecule has 0 radical (unpaired) electrons. The van der Waals surface area contributed by atoms with Crippen molar-refractivity contribution in [2.75, 3.05) is 18.6 Å². The first kappa shape index (κ1) is 26.7. The maximum absolute atomic E-state index is 12.1. The zero-order valence-electron chi connectivity index (χ0n) is 21.0. The van der Waals surface area contributed by atoms with Gasteiger partial charge in [-0.2, -0.15) is 0 Å². The third kappa shape index (κ3) is 5.64. The van der Waals surface area contributed by atoms with Crippen LogP contribution >= 0.6 is 34.4 Å². The molecule has 0 fully saturated rings. The topological polar surface area (TPSA) is 98.1 Å². The summed E-state index contributed by atoms with van der Waals surface area (Å²) in [6.45, 7) is 6.03. The molecule has 0 amide bonds. The number of aryl methyl sites for hydroxylation is 1. The molecular formula is C28H27N3O3S3. The molecule has 3 aromatic heterocycles. The number of benzene rings is 2. The van der Waals surface area contributed by atoms with E-state index in [2.05, 4.69) is 22.1 Å². The number of carbonyl (C=O) groups is 1. The minimum Gasteiger partial charge on any atom is -0.462 e. The summed E-state index contributed by atoms with van der Waals surface area (Å²) in [5.74, 6) is -0.342. The van der Waals surface area contributed by atoms with Crippen LogP contribution in [0.1, 0.15) is 28.4 Å². The van der Waals surface area contributed by atoms with Crippen molar-refractivity contribution < 1.29 is 9.53 Å². The van der Waals surface area contributed by atoms with Crippen molar-refractivity contribution in [1.29, 1.82) is 0 Å². The predicted octanol–water partition coefficient (Wildman–Crippen LogP) is 7.16. The number of H-pyrrole nitrogens is 1. The summed E-state index contributed by atoms with van der Waals surface area (Å²) < 4.78 is 5.03. The molecule has 0 aliphatic carbocycles. The number of nitrogens with two attached hydrogens (primary N) is 1. The minimum atomic E-state index is -0.342. The number of carbonyl (C=O) groups excluding carboxylic acids is 1. The number of nitrogens with one attached hydrogen (secondary N) is 1. The number of hydrogen-bond acceptors (Lipinski definition) is 8. The molecule has 6 nitrogen and oxygen atoms in total. The lowest BCUT2D eigenvalue weighted by molar-refractivity contribution is 0.0527. The number of aromatic amines is 1. The second kappa shape index (κ2) is 11.8. The van der Waals surface area contributed by atoms with Gasteiger partial charge in [0, 0.05) is 9.75 Å². The number of nitrogen functional groups attached to an aromatic ring is 1. The van der Waals surface area contributed by atoms with E-state index in [4.69, 9.17) is 10.5 Å². The average molecular weight is 550 g/mol. The van der Waals surface area contributed by atoms with Crippen LogP contribution in [0.15, 0.2) is 70.6 Å². The van der Waals surface area contributed by atoms with Gasteiger partial charge >= 0.3 is 5.97 Å². The summed E-state index contributed by atoms with van der Waals surface area (Å²) in [4.78, 5) is 34.2. The highest BCUT2D eigenvalue weighted by molar-refractivity contribution is 7.98. The summed E-state index contributed by atoms with van der Waals surface area (Å²) in [5, 5.41) is 1.89. The van der Waals surface area contributed by atoms with Crippen LogP contribution in [-0.2, 0) is 4.74 Å². The van der Waals surface area contributed by atoms with E-state index in [9.17, 15) is 9.59 Å². The maximum atomic E-state index is 12.1. The number of thioether (sulfide) groups is 1. The van der Waals surface area contributed by atoms with Crippen LogP contribution in [0.4, 0.5) is 5.00 Å². The standard InChI is InChI=1S/C14H12N2OS2.C14H15NO2S/c1-8-10-12(17)15-14(18-2)16-13(10)19-11(8)9-6-4-3-5-7-9;1-3-17-14(16)11-9(2)12(18-13(11)15)10-7-5-4-6-8-10/h3-7H,1-2H3,(H,15,16,17);4-8H,3,15H2,1-2H3. The third-order valence-electron chi connectivity index (χ3n) is 5.70. The molecule has 0 bridgehead atoms. The van der Waals surface area contributed by atoms with Gasteiger partial charge in [-0.05, 0) is 49.3 Å². The zero-order valence-corrected chi connectivity index (χ0v) is 23.4. The van der Waals surface area contributed by atoms with Crippen molar-refractivity contribution >= 4 is 55.6 Å². The van der Waals surface area contributed by atoms with E-state index >= 15 is 0 Å². The molecule has 5 rings (SSSR count). The first-order valence-electron chi connectivity index (χ1n) is 11.6. The molecule has 0 saturated carbocycles. The number of ether oxygens (including phenoxy) is 1. The van der Waals surface area contributed by atoms with Gasteiger partial charge in [-0.25, -0.2) is 9.78 Å². The average Bonchev–Trinajstić information content (AvgIpc) is 3.41. The van der Waals surface area contributed by atoms with Crippen LogP contribution in [0, 0.1) is 13.8 Å². The fraction of sp³-hybridized carbons (Fsp3) is 0.179. The summed E-state index contributed by atoms with van der Waals surface area (Å²) in [5.41, 5.74) is 10.5. The highest BCUT2D eigenvalue weighted by Gasteiger charge is 2.21. The Morgan fingerprint density at radius 1 is 0.973 bits per heavy atom. The lowest BCUT2D eigenvalue weighted by Gasteiger charge is -2.03. The van der Waals surface area contributed by atoms with E-state index in [1.165, 1.54) is 23.1 Å². The molecule has 0 atom stereocenters. The Morgan fingerprint density at radius 2 is 1.54 bits per heavy atom. The molecule has 3 N–H and O–H groups in total. The number of rotatable bonds is 5. The van der Waals surface area contributed by atoms with E-state index in [1.54, 1.807) is 18.3 Å². The zero-order chi connectivity index (χ0) is 26.5. The van der Waals surface area contributed by atoms with E-state index in [0.29, 0.717) is 27.7 Å². The molecule has 37 heavy (non-hydrogen) atoms. The van der Waals surface area contributed by atoms with Crippen molar-refractivity contribution in [1.82, 2.24) is 9.97 Å². The fourth-order valence-electron chi connectivity index (χ4n) is 3.94. The summed E-state index contributed by atoms with van der Waals surface area (Å²) in [6.07, 6.45) is 1.91. The van der Waals surface area contributed by atoms with E-state index < -0.39 is 0 Å². The largest absolute Gasteiger partial charge is 0.462 e. The molecule has 0 saturated heterocycles. The Balaban J connectivity index is 0.000000173. The molecule has 5 aromatic rings. The van der Waals surface area contributed by atoms with E-state index in [-0.39, 0.29) is 11.5 Å². The summed E-state index contributed by atoms with van der Waals surface area (Å²) in [7, 11) is 0. The number of thiophene rings is 2. The van der Waals surface area contributed by atoms with Crippen molar-refractivity contribution in [3.63, 3.8) is 0 Å². The van der Waals surface area contributed by atoms with Gasteiger partial charge in [0.2, 0.25) is 0 Å². The molecule has 0 spiro atoms. The van der Waals surface area contributed by atoms with Crippen LogP contribution in [0.5, 0.6) is 0 Å². The molecule has 3 heterocycles. The highest BCUT2D eigenvalue weighted by atomic mass is 32.2. The van der Waals surface area contributed by atoms with E-state index in [1.807, 2.05) is 68.6 Å². The third-order valence-corrected chi connectivity index (χ3v) is 8.68. The Bertz CT molecular complexity index is 1590. The van der Waals surface area contributed by atoms with Gasteiger partial charge in [0.25, 0.3) is 5.56 Å². The number of anilines is 1. The molecule has 2 aromatic carbocycles. The quantitative estimate of drug-likeness (QED) is 0.137. The lowest BCUT2D eigenvalue weighted by atomic mass is 10.1. The molecule has 0 aliphatic heterocycles. The molecule has 0 aliphatic rings. The second-order valence-electron chi connectivity index (χ2n) is 8.06. The lowest BCUT2D eigenvalue weighted by Crippen LogP contribution is -2.08. The smallest absolute Gasteiger partial charge is 0.341 e. The van der Waals surface area contributed by atoms with Gasteiger partial charge in [0.1, 0.15) is 9.83 Å². The first-order valence-corrected chi connectivity index (χ1v) is 14.5. The fourth-order valence-corrected chi connectivity index (χ4v) is 6.63. The monoisotopic (exact) mass is 549 g/mol. The number of fused-ring (bicyclic) bond motifs is 1. The number of aromatic nitrogens is 2. The van der Waals surface area contributed by atoms with Crippen molar-refractivity contribution in [2.24, 2.45) is 0 Å². The van der Waals surface area contributed by atoms with Crippen LogP contribution in [0.25, 0.3) is 31.1 Å². The van der Waals surface area contributed by atoms with Crippen LogP contribution in [-0.4, -0.2) is 28.8 Å². The van der Waals surface area contributed by atoms with Crippen LogP contribution in [0.2, 0.25) is 0 Å². The molecule has 190 valence electrons. The number of nitrogens with zero attached hydrogens (tertiary/aromatic N) is 1. The van der Waals surface area contributed by atoms with Crippen molar-refractivity contribution in [2.45, 2.75) is 25.9 Å². The van der Waals surface area contributed by atoms with Gasteiger partial charge in [-0.1, -0.05) is 72.4 Å². The minimum absolute atomic E-state index is 0.0507. The van der Waals surface area contributed by atoms with Gasteiger partial charge in [-0.15, -0.1) is 22.7 Å². The Labute approximate surface area is 227 Å². The van der Waals surface area contributed by atoms with Gasteiger partial charge in [0.05, 0.1) is 17.6 Å². The summed E-state index contributed by atoms with van der Waals surface area (Å²) in [6, 6.07) is 20.0. The Kier molecular flexibility index (Phi) is 8.48. The normalized spacial score (nSPS) is 10.7. The number of esters is 1. The molecular weight excluding hydrogens is 523 g/mol. The molecule has 0 unspecified atom stereocenters. The first-order chi connectivity index (χ1) is 17.8. The summed E-state index contributed by atoms with van der Waals surface area (Å²) >= 11 is 4.45.